The van der Waals surface area contributed by atoms with Crippen molar-refractivity contribution in [2.24, 2.45) is 7.05 Å². The number of likely N-dealkylation sites (N-methyl/N-ethyl adjacent to an activating group) is 1. The molecule has 15 heavy (non-hydrogen) atoms. The maximum absolute atomic E-state index is 4.08. The Labute approximate surface area is 92.3 Å². The molecular weight excluding hydrogens is 188 g/mol. The van der Waals surface area contributed by atoms with E-state index in [0.717, 1.165) is 19.6 Å². The Bertz CT molecular complexity index is 280. The van der Waals surface area contributed by atoms with Gasteiger partial charge in [0.05, 0.1) is 12.0 Å². The van der Waals surface area contributed by atoms with E-state index in [9.17, 15) is 0 Å². The van der Waals surface area contributed by atoms with Crippen LogP contribution in [0.2, 0.25) is 0 Å². The molecule has 1 heterocycles. The number of imidazole rings is 1. The third-order valence-corrected chi connectivity index (χ3v) is 2.75. The van der Waals surface area contributed by atoms with E-state index >= 15 is 0 Å². The van der Waals surface area contributed by atoms with E-state index in [1.807, 2.05) is 24.1 Å². The number of nitrogens with zero attached hydrogens (tertiary/aromatic N) is 3. The zero-order valence-corrected chi connectivity index (χ0v) is 10.2. The van der Waals surface area contributed by atoms with Crippen molar-refractivity contribution in [2.75, 3.05) is 20.1 Å². The molecule has 0 bridgehead atoms. The van der Waals surface area contributed by atoms with Crippen LogP contribution in [0.1, 0.15) is 19.5 Å². The number of nitrogens with one attached hydrogen (secondary N) is 1. The molecular formula is C11H22N4. The lowest BCUT2D eigenvalue weighted by atomic mass is 10.3. The smallest absolute Gasteiger partial charge is 0.0945 e. The van der Waals surface area contributed by atoms with Crippen molar-refractivity contribution < 1.29 is 0 Å². The summed E-state index contributed by atoms with van der Waals surface area (Å²) < 4.78 is 2.04. The summed E-state index contributed by atoms with van der Waals surface area (Å²) in [4.78, 5) is 6.41. The van der Waals surface area contributed by atoms with E-state index in [1.54, 1.807) is 0 Å². The fraction of sp³-hybridized carbons (Fsp3) is 0.727. The molecule has 0 saturated heterocycles. The van der Waals surface area contributed by atoms with Crippen LogP contribution >= 0.6 is 0 Å². The van der Waals surface area contributed by atoms with Gasteiger partial charge in [-0.05, 0) is 20.9 Å². The van der Waals surface area contributed by atoms with E-state index in [-0.39, 0.29) is 0 Å². The van der Waals surface area contributed by atoms with Crippen LogP contribution < -0.4 is 5.32 Å². The molecule has 0 aliphatic rings. The SMILES string of the molecule is CC(C)N(C)CCNCc1cncn1C. The standard InChI is InChI=1S/C11H22N4/c1-10(2)14(3)6-5-12-7-11-8-13-9-15(11)4/h8-10,12H,5-7H2,1-4H3. The molecule has 0 saturated carbocycles. The quantitative estimate of drug-likeness (QED) is 0.707. The van der Waals surface area contributed by atoms with Gasteiger partial charge in [0.1, 0.15) is 0 Å². The minimum atomic E-state index is 0.614. The Morgan fingerprint density at radius 3 is 2.80 bits per heavy atom. The molecule has 0 amide bonds. The number of rotatable bonds is 6. The molecule has 4 nitrogen and oxygen atoms in total. The first-order chi connectivity index (χ1) is 7.11. The first-order valence-electron chi connectivity index (χ1n) is 5.47. The normalized spacial score (nSPS) is 11.6. The Morgan fingerprint density at radius 1 is 1.53 bits per heavy atom. The minimum absolute atomic E-state index is 0.614. The molecule has 1 N–H and O–H groups in total. The van der Waals surface area contributed by atoms with E-state index in [1.165, 1.54) is 5.69 Å². The summed E-state index contributed by atoms with van der Waals surface area (Å²) in [6.45, 7) is 7.40. The van der Waals surface area contributed by atoms with E-state index in [0.29, 0.717) is 6.04 Å². The fourth-order valence-electron chi connectivity index (χ4n) is 1.29. The number of hydrogen-bond acceptors (Lipinski definition) is 3. The highest BCUT2D eigenvalue weighted by molar-refractivity contribution is 4.96. The van der Waals surface area contributed by atoms with Crippen molar-refractivity contribution in [3.8, 4) is 0 Å². The molecule has 4 heteroatoms. The third-order valence-electron chi connectivity index (χ3n) is 2.75. The Morgan fingerprint density at radius 2 is 2.27 bits per heavy atom. The average Bonchev–Trinajstić information content (AvgIpc) is 2.58. The van der Waals surface area contributed by atoms with Gasteiger partial charge >= 0.3 is 0 Å². The lowest BCUT2D eigenvalue weighted by Crippen LogP contribution is -2.33. The van der Waals surface area contributed by atoms with Crippen LogP contribution in [0.15, 0.2) is 12.5 Å². The highest BCUT2D eigenvalue weighted by atomic mass is 15.1. The Hall–Kier alpha value is -0.870. The number of hydrogen-bond donors (Lipinski definition) is 1. The van der Waals surface area contributed by atoms with Crippen molar-refractivity contribution >= 4 is 0 Å². The van der Waals surface area contributed by atoms with E-state index in [2.05, 4.69) is 36.1 Å². The zero-order valence-electron chi connectivity index (χ0n) is 10.2. The predicted octanol–water partition coefficient (Wildman–Crippen LogP) is 0.850. The number of aromatic nitrogens is 2. The third kappa shape index (κ3) is 4.01. The van der Waals surface area contributed by atoms with Crippen LogP contribution in [-0.4, -0.2) is 40.6 Å². The predicted molar refractivity (Wildman–Crippen MR) is 62.7 cm³/mol. The van der Waals surface area contributed by atoms with Gasteiger partial charge in [0.2, 0.25) is 0 Å². The topological polar surface area (TPSA) is 33.1 Å². The van der Waals surface area contributed by atoms with Gasteiger partial charge in [0.25, 0.3) is 0 Å². The van der Waals surface area contributed by atoms with Crippen LogP contribution in [0.5, 0.6) is 0 Å². The lowest BCUT2D eigenvalue weighted by Gasteiger charge is -2.20. The van der Waals surface area contributed by atoms with Gasteiger partial charge in [-0.25, -0.2) is 4.98 Å². The lowest BCUT2D eigenvalue weighted by molar-refractivity contribution is 0.273. The van der Waals surface area contributed by atoms with Gasteiger partial charge in [0.15, 0.2) is 0 Å². The monoisotopic (exact) mass is 210 g/mol. The van der Waals surface area contributed by atoms with E-state index < -0.39 is 0 Å². The van der Waals surface area contributed by atoms with Crippen molar-refractivity contribution in [3.05, 3.63) is 18.2 Å². The average molecular weight is 210 g/mol. The first kappa shape index (κ1) is 12.2. The molecule has 0 fully saturated rings. The molecule has 0 aliphatic carbocycles. The Balaban J connectivity index is 2.15. The van der Waals surface area contributed by atoms with Crippen LogP contribution in [0.4, 0.5) is 0 Å². The molecule has 0 aliphatic heterocycles. The second kappa shape index (κ2) is 5.88. The maximum atomic E-state index is 4.08. The highest BCUT2D eigenvalue weighted by Gasteiger charge is 2.02. The molecule has 0 atom stereocenters. The maximum Gasteiger partial charge on any atom is 0.0945 e. The molecule has 1 aromatic heterocycles. The van der Waals surface area contributed by atoms with Gasteiger partial charge < -0.3 is 14.8 Å². The second-order valence-electron chi connectivity index (χ2n) is 4.25. The summed E-state index contributed by atoms with van der Waals surface area (Å²) in [7, 11) is 4.17. The summed E-state index contributed by atoms with van der Waals surface area (Å²) in [6, 6.07) is 0.614. The van der Waals surface area contributed by atoms with E-state index in [4.69, 9.17) is 0 Å². The largest absolute Gasteiger partial charge is 0.337 e. The Kier molecular flexibility index (Phi) is 4.78. The summed E-state index contributed by atoms with van der Waals surface area (Å²) in [5, 5.41) is 3.41. The van der Waals surface area contributed by atoms with Gasteiger partial charge in [-0.2, -0.15) is 0 Å². The van der Waals surface area contributed by atoms with Crippen LogP contribution in [0.3, 0.4) is 0 Å². The molecule has 1 rings (SSSR count). The minimum Gasteiger partial charge on any atom is -0.337 e. The van der Waals surface area contributed by atoms with Crippen LogP contribution in [0, 0.1) is 0 Å². The first-order valence-corrected chi connectivity index (χ1v) is 5.47. The van der Waals surface area contributed by atoms with Crippen molar-refractivity contribution in [3.63, 3.8) is 0 Å². The molecule has 1 aromatic rings. The van der Waals surface area contributed by atoms with Crippen molar-refractivity contribution in [2.45, 2.75) is 26.4 Å². The fourth-order valence-corrected chi connectivity index (χ4v) is 1.29. The molecule has 0 radical (unpaired) electrons. The van der Waals surface area contributed by atoms with Gasteiger partial charge in [-0.1, -0.05) is 0 Å². The zero-order chi connectivity index (χ0) is 11.3. The van der Waals surface area contributed by atoms with Gasteiger partial charge in [-0.15, -0.1) is 0 Å². The highest BCUT2D eigenvalue weighted by Crippen LogP contribution is 1.95. The summed E-state index contributed by atoms with van der Waals surface area (Å²) in [6.07, 6.45) is 3.73. The van der Waals surface area contributed by atoms with Crippen LogP contribution in [-0.2, 0) is 13.6 Å². The second-order valence-corrected chi connectivity index (χ2v) is 4.25. The van der Waals surface area contributed by atoms with Crippen molar-refractivity contribution in [1.29, 1.82) is 0 Å². The van der Waals surface area contributed by atoms with Crippen LogP contribution in [0.25, 0.3) is 0 Å². The van der Waals surface area contributed by atoms with Gasteiger partial charge in [-0.3, -0.25) is 0 Å². The summed E-state index contributed by atoms with van der Waals surface area (Å²) >= 11 is 0. The van der Waals surface area contributed by atoms with Gasteiger partial charge in [0, 0.05) is 38.9 Å². The summed E-state index contributed by atoms with van der Waals surface area (Å²) in [5.74, 6) is 0. The molecule has 0 aromatic carbocycles. The summed E-state index contributed by atoms with van der Waals surface area (Å²) in [5.41, 5.74) is 1.22. The molecule has 86 valence electrons. The molecule has 0 spiro atoms. The molecule has 0 unspecified atom stereocenters. The number of aryl methyl sites for hydroxylation is 1. The van der Waals surface area contributed by atoms with Crippen molar-refractivity contribution in [1.82, 2.24) is 19.8 Å².